The first-order chi connectivity index (χ1) is 18.7. The van der Waals surface area contributed by atoms with Gasteiger partial charge in [-0.15, -0.1) is 0 Å². The topological polar surface area (TPSA) is 163 Å². The molecule has 0 radical (unpaired) electrons. The molecule has 2 rings (SSSR count). The fourth-order valence-corrected chi connectivity index (χ4v) is 5.54. The fourth-order valence-electron chi connectivity index (χ4n) is 2.55. The van der Waals surface area contributed by atoms with Crippen LogP contribution in [0, 0.1) is 6.92 Å². The molecule has 0 bridgehead atoms. The Labute approximate surface area is 274 Å². The summed E-state index contributed by atoms with van der Waals surface area (Å²) in [6.45, 7) is 16.9. The van der Waals surface area contributed by atoms with Crippen molar-refractivity contribution in [3.05, 3.63) is 6.92 Å². The van der Waals surface area contributed by atoms with Gasteiger partial charge in [-0.05, 0) is 73.6 Å². The number of hydrogen-bond acceptors (Lipinski definition) is 10. The van der Waals surface area contributed by atoms with Crippen LogP contribution in [0.2, 0.25) is 0 Å². The molecule has 0 heterocycles. The Bertz CT molecular complexity index is 970. The van der Waals surface area contributed by atoms with Crippen molar-refractivity contribution in [3.63, 3.8) is 0 Å². The van der Waals surface area contributed by atoms with Crippen molar-refractivity contribution in [2.24, 2.45) is 0 Å². The Morgan fingerprint density at radius 1 is 0.881 bits per heavy atom. The largest absolute Gasteiger partial charge is 1.00 e. The van der Waals surface area contributed by atoms with E-state index in [1.807, 2.05) is 9.44 Å². The number of sulfonamides is 2. The van der Waals surface area contributed by atoms with Crippen LogP contribution < -0.4 is 28.3 Å². The molecular weight excluding hydrogens is 651 g/mol. The predicted octanol–water partition coefficient (Wildman–Crippen LogP) is 2.07. The SMILES string of the molecule is CC(C)(C)OC(=O)NS(=O)(=O)C1CC1.COCCBr.COCCC1(S(=O)(=O)NC(=O)OC(C)(C)C)CC1.[CH2-]CCC.[Li+]. The summed E-state index contributed by atoms with van der Waals surface area (Å²) in [6, 6.07) is 0. The summed E-state index contributed by atoms with van der Waals surface area (Å²) in [7, 11) is -3.98. The van der Waals surface area contributed by atoms with Gasteiger partial charge in [-0.3, -0.25) is 0 Å². The van der Waals surface area contributed by atoms with Crippen molar-refractivity contribution in [2.45, 2.75) is 115 Å². The number of carbonyl (C=O) groups is 2. The van der Waals surface area contributed by atoms with Gasteiger partial charge in [0, 0.05) is 26.2 Å². The Balaban J connectivity index is -0.000000560. The number of halogens is 1. The van der Waals surface area contributed by atoms with E-state index in [-0.39, 0.29) is 18.9 Å². The van der Waals surface area contributed by atoms with Crippen LogP contribution in [0.15, 0.2) is 0 Å². The van der Waals surface area contributed by atoms with Crippen LogP contribution in [-0.2, 0) is 39.0 Å². The van der Waals surface area contributed by atoms with Crippen molar-refractivity contribution in [2.75, 3.05) is 32.8 Å². The van der Waals surface area contributed by atoms with Crippen LogP contribution in [0.5, 0.6) is 0 Å². The van der Waals surface area contributed by atoms with E-state index >= 15 is 0 Å². The molecule has 0 aromatic heterocycles. The summed E-state index contributed by atoms with van der Waals surface area (Å²) in [6.07, 6.45) is 3.19. The second kappa shape index (κ2) is 21.2. The molecule has 2 aliphatic carbocycles. The molecule has 42 heavy (non-hydrogen) atoms. The van der Waals surface area contributed by atoms with Crippen molar-refractivity contribution < 1.29 is 64.2 Å². The normalized spacial score (nSPS) is 15.4. The van der Waals surface area contributed by atoms with Gasteiger partial charge in [0.25, 0.3) is 0 Å². The van der Waals surface area contributed by atoms with Crippen LogP contribution in [0.4, 0.5) is 9.59 Å². The average molecular weight is 704 g/mol. The standard InChI is InChI=1S/C11H21NO5S.C8H15NO4S.C4H9.C3H7BrO.Li/c1-10(2,3)17-9(13)12-18(14,15)11(5-6-11)7-8-16-4;1-8(2,3)13-7(10)9-14(11,12)6-4-5-6;1-3-4-2;1-5-3-2-4;/h5-8H2,1-4H3,(H,12,13);6H,4-5H2,1-3H3,(H,9,10);1,3-4H2,2H3;2-3H2,1H3;/q;;-1;;+1. The summed E-state index contributed by atoms with van der Waals surface area (Å²) < 4.78 is 69.0. The molecule has 0 aliphatic heterocycles. The number of methoxy groups -OCH3 is 2. The van der Waals surface area contributed by atoms with E-state index in [4.69, 9.17) is 14.2 Å². The number of carbonyl (C=O) groups excluding carboxylic acids is 2. The Kier molecular flexibility index (Phi) is 23.2. The maximum Gasteiger partial charge on any atom is 1.00 e. The summed E-state index contributed by atoms with van der Waals surface area (Å²) in [4.78, 5) is 22.6. The van der Waals surface area contributed by atoms with E-state index < -0.39 is 53.4 Å². The predicted molar refractivity (Wildman–Crippen MR) is 164 cm³/mol. The summed E-state index contributed by atoms with van der Waals surface area (Å²) in [5.41, 5.74) is -1.40. The third-order valence-electron chi connectivity index (χ3n) is 4.98. The van der Waals surface area contributed by atoms with E-state index in [1.54, 1.807) is 48.7 Å². The number of unbranched alkanes of at least 4 members (excludes halogenated alkanes) is 1. The molecule has 16 heteroatoms. The van der Waals surface area contributed by atoms with E-state index in [0.717, 1.165) is 18.4 Å². The Hall–Kier alpha value is -0.563. The van der Waals surface area contributed by atoms with Crippen LogP contribution in [0.25, 0.3) is 0 Å². The quantitative estimate of drug-likeness (QED) is 0.196. The van der Waals surface area contributed by atoms with E-state index in [9.17, 15) is 26.4 Å². The maximum absolute atomic E-state index is 12.0. The minimum atomic E-state index is -3.70. The van der Waals surface area contributed by atoms with E-state index in [2.05, 4.69) is 34.5 Å². The smallest absolute Gasteiger partial charge is 0.443 e. The number of rotatable bonds is 10. The zero-order valence-corrected chi connectivity index (χ0v) is 30.4. The van der Waals surface area contributed by atoms with Gasteiger partial charge >= 0.3 is 31.0 Å². The van der Waals surface area contributed by atoms with Gasteiger partial charge in [0.05, 0.1) is 16.6 Å². The Morgan fingerprint density at radius 3 is 1.55 bits per heavy atom. The molecule has 0 atom stereocenters. The molecule has 12 nitrogen and oxygen atoms in total. The van der Waals surface area contributed by atoms with Crippen molar-refractivity contribution in [1.82, 2.24) is 9.44 Å². The van der Waals surface area contributed by atoms with Crippen molar-refractivity contribution >= 4 is 48.2 Å². The maximum atomic E-state index is 12.0. The molecule has 0 aromatic rings. The fraction of sp³-hybridized carbons (Fsp3) is 0.885. The van der Waals surface area contributed by atoms with Gasteiger partial charge in [-0.1, -0.05) is 29.3 Å². The zero-order valence-electron chi connectivity index (χ0n) is 27.1. The molecule has 2 aliphatic rings. The summed E-state index contributed by atoms with van der Waals surface area (Å²) >= 11 is 3.18. The van der Waals surface area contributed by atoms with E-state index in [0.29, 0.717) is 38.7 Å². The van der Waals surface area contributed by atoms with Gasteiger partial charge in [0.2, 0.25) is 20.0 Å². The van der Waals surface area contributed by atoms with Crippen LogP contribution in [0.3, 0.4) is 0 Å². The first-order valence-electron chi connectivity index (χ1n) is 13.5. The molecule has 2 fully saturated rings. The van der Waals surface area contributed by atoms with Crippen LogP contribution in [0.1, 0.15) is 93.4 Å². The summed E-state index contributed by atoms with van der Waals surface area (Å²) in [5.74, 6) is 0. The molecule has 246 valence electrons. The second-order valence-electron chi connectivity index (χ2n) is 11.4. The third kappa shape index (κ3) is 22.9. The molecule has 0 saturated heterocycles. The first-order valence-corrected chi connectivity index (χ1v) is 17.6. The van der Waals surface area contributed by atoms with Gasteiger partial charge in [0.1, 0.15) is 11.2 Å². The third-order valence-corrected chi connectivity index (χ3v) is 9.29. The van der Waals surface area contributed by atoms with Crippen molar-refractivity contribution in [3.8, 4) is 0 Å². The molecule has 2 amide bonds. The molecule has 2 N–H and O–H groups in total. The van der Waals surface area contributed by atoms with E-state index in [1.165, 1.54) is 13.5 Å². The van der Waals surface area contributed by atoms with Crippen LogP contribution >= 0.6 is 15.9 Å². The average Bonchev–Trinajstić information content (AvgIpc) is 3.69. The first kappa shape index (κ1) is 45.9. The second-order valence-corrected chi connectivity index (χ2v) is 16.2. The molecule has 0 spiro atoms. The molecule has 0 aromatic carbocycles. The number of alkyl halides is 1. The summed E-state index contributed by atoms with van der Waals surface area (Å²) in [5, 5.41) is 0.527. The number of nitrogens with one attached hydrogen (secondary N) is 2. The number of ether oxygens (including phenoxy) is 4. The number of hydrogen-bond donors (Lipinski definition) is 2. The minimum Gasteiger partial charge on any atom is -0.443 e. The van der Waals surface area contributed by atoms with Crippen molar-refractivity contribution in [1.29, 1.82) is 0 Å². The van der Waals surface area contributed by atoms with Gasteiger partial charge in [-0.2, -0.15) is 6.42 Å². The van der Waals surface area contributed by atoms with Gasteiger partial charge < -0.3 is 25.9 Å². The zero-order chi connectivity index (χ0) is 32.5. The monoisotopic (exact) mass is 702 g/mol. The van der Waals surface area contributed by atoms with Gasteiger partial charge in [-0.25, -0.2) is 35.9 Å². The molecule has 0 unspecified atom stereocenters. The number of amides is 2. The Morgan fingerprint density at radius 2 is 1.29 bits per heavy atom. The van der Waals surface area contributed by atoms with Crippen LogP contribution in [-0.4, -0.2) is 83.0 Å². The molecular formula is C26H52BrLiN2O10S2. The minimum absolute atomic E-state index is 0. The van der Waals surface area contributed by atoms with Gasteiger partial charge in [0.15, 0.2) is 0 Å². The molecule has 2 saturated carbocycles.